The molecule has 70 valence electrons. The van der Waals surface area contributed by atoms with Gasteiger partial charge in [0.2, 0.25) is 0 Å². The Bertz CT molecular complexity index is 317. The Morgan fingerprint density at radius 2 is 2.23 bits per heavy atom. The fraction of sp³-hybridized carbons (Fsp3) is 0.200. The maximum Gasteiger partial charge on any atom is 0.124 e. The fourth-order valence-corrected chi connectivity index (χ4v) is 1.00. The number of ether oxygens (including phenoxy) is 1. The van der Waals surface area contributed by atoms with Gasteiger partial charge in [-0.3, -0.25) is 0 Å². The summed E-state index contributed by atoms with van der Waals surface area (Å²) >= 11 is 0. The Morgan fingerprint density at radius 1 is 1.54 bits per heavy atom. The van der Waals surface area contributed by atoms with Crippen molar-refractivity contribution in [1.29, 1.82) is 0 Å². The summed E-state index contributed by atoms with van der Waals surface area (Å²) in [5.41, 5.74) is 7.26. The second kappa shape index (κ2) is 5.47. The highest BCUT2D eigenvalue weighted by Gasteiger charge is 2.00. The lowest BCUT2D eigenvalue weighted by Crippen LogP contribution is -1.99. The van der Waals surface area contributed by atoms with Crippen LogP contribution in [-0.4, -0.2) is 7.11 Å². The average molecular weight is 198 g/mol. The van der Waals surface area contributed by atoms with E-state index >= 15 is 0 Å². The number of methoxy groups -OCH3 is 1. The van der Waals surface area contributed by atoms with E-state index in [2.05, 4.69) is 5.92 Å². The molecule has 1 aromatic rings. The van der Waals surface area contributed by atoms with Gasteiger partial charge in [-0.2, -0.15) is 0 Å². The number of hydrogen-bond donors (Lipinski definition) is 1. The van der Waals surface area contributed by atoms with Gasteiger partial charge in [-0.1, -0.05) is 12.0 Å². The van der Waals surface area contributed by atoms with Gasteiger partial charge in [0, 0.05) is 17.7 Å². The second-order valence-corrected chi connectivity index (χ2v) is 2.38. The van der Waals surface area contributed by atoms with Crippen molar-refractivity contribution < 1.29 is 4.74 Å². The predicted molar refractivity (Wildman–Crippen MR) is 56.1 cm³/mol. The quantitative estimate of drug-likeness (QED) is 0.731. The van der Waals surface area contributed by atoms with Crippen LogP contribution in [0.2, 0.25) is 0 Å². The predicted octanol–water partition coefficient (Wildman–Crippen LogP) is 1.56. The molecule has 0 spiro atoms. The van der Waals surface area contributed by atoms with Crippen LogP contribution in [0.4, 0.5) is 0 Å². The van der Waals surface area contributed by atoms with Crippen LogP contribution >= 0.6 is 12.4 Å². The summed E-state index contributed by atoms with van der Waals surface area (Å²) in [5.74, 6) is 3.29. The Labute approximate surface area is 84.5 Å². The van der Waals surface area contributed by atoms with Crippen LogP contribution in [0.1, 0.15) is 11.1 Å². The number of terminal acetylenes is 1. The summed E-state index contributed by atoms with van der Waals surface area (Å²) in [6.07, 6.45) is 5.23. The maximum atomic E-state index is 5.49. The smallest absolute Gasteiger partial charge is 0.124 e. The Hall–Kier alpha value is -1.17. The van der Waals surface area contributed by atoms with Gasteiger partial charge in [0.05, 0.1) is 7.11 Å². The van der Waals surface area contributed by atoms with E-state index in [9.17, 15) is 0 Å². The Morgan fingerprint density at radius 3 is 2.69 bits per heavy atom. The second-order valence-electron chi connectivity index (χ2n) is 2.38. The van der Waals surface area contributed by atoms with Crippen LogP contribution in [0, 0.1) is 12.3 Å². The van der Waals surface area contributed by atoms with Gasteiger partial charge in [-0.05, 0) is 12.1 Å². The summed E-state index contributed by atoms with van der Waals surface area (Å²) in [4.78, 5) is 0. The van der Waals surface area contributed by atoms with Crippen molar-refractivity contribution in [3.8, 4) is 18.1 Å². The first-order valence-electron chi connectivity index (χ1n) is 3.65. The third-order valence-corrected chi connectivity index (χ3v) is 1.67. The van der Waals surface area contributed by atoms with Gasteiger partial charge in [0.15, 0.2) is 0 Å². The molecule has 0 radical (unpaired) electrons. The normalized spacial score (nSPS) is 8.38. The van der Waals surface area contributed by atoms with Crippen LogP contribution in [0.15, 0.2) is 18.2 Å². The monoisotopic (exact) mass is 197 g/mol. The van der Waals surface area contributed by atoms with Crippen molar-refractivity contribution in [3.63, 3.8) is 0 Å². The lowest BCUT2D eigenvalue weighted by molar-refractivity contribution is 0.409. The summed E-state index contributed by atoms with van der Waals surface area (Å²) in [7, 11) is 1.61. The van der Waals surface area contributed by atoms with Crippen molar-refractivity contribution >= 4 is 12.4 Å². The van der Waals surface area contributed by atoms with Gasteiger partial charge >= 0.3 is 0 Å². The van der Waals surface area contributed by atoms with Gasteiger partial charge in [0.1, 0.15) is 5.75 Å². The first kappa shape index (κ1) is 11.8. The minimum atomic E-state index is 0. The van der Waals surface area contributed by atoms with Crippen molar-refractivity contribution in [3.05, 3.63) is 29.3 Å². The molecule has 0 aromatic heterocycles. The maximum absolute atomic E-state index is 5.49. The van der Waals surface area contributed by atoms with Gasteiger partial charge < -0.3 is 10.5 Å². The molecule has 0 heterocycles. The number of hydrogen-bond acceptors (Lipinski definition) is 2. The van der Waals surface area contributed by atoms with Crippen LogP contribution in [0.3, 0.4) is 0 Å². The Balaban J connectivity index is 0.00000144. The van der Waals surface area contributed by atoms with E-state index in [0.29, 0.717) is 6.54 Å². The summed E-state index contributed by atoms with van der Waals surface area (Å²) < 4.78 is 5.10. The highest BCUT2D eigenvalue weighted by atomic mass is 35.5. The number of benzene rings is 1. The van der Waals surface area contributed by atoms with E-state index in [1.54, 1.807) is 7.11 Å². The van der Waals surface area contributed by atoms with E-state index < -0.39 is 0 Å². The van der Waals surface area contributed by atoms with Gasteiger partial charge in [0.25, 0.3) is 0 Å². The lowest BCUT2D eigenvalue weighted by Gasteiger charge is -2.05. The van der Waals surface area contributed by atoms with Crippen LogP contribution in [-0.2, 0) is 6.54 Å². The van der Waals surface area contributed by atoms with E-state index in [4.69, 9.17) is 16.9 Å². The fourth-order valence-electron chi connectivity index (χ4n) is 1.00. The number of nitrogens with two attached hydrogens (primary N) is 1. The standard InChI is InChI=1S/C10H11NO.ClH/c1-3-8-4-5-9(7-11)10(6-8)12-2;/h1,4-6H,7,11H2,2H3;1H. The summed E-state index contributed by atoms with van der Waals surface area (Å²) in [5, 5.41) is 0. The minimum Gasteiger partial charge on any atom is -0.496 e. The molecule has 0 bridgehead atoms. The van der Waals surface area contributed by atoms with Crippen molar-refractivity contribution in [1.82, 2.24) is 0 Å². The molecule has 0 saturated heterocycles. The molecule has 1 aromatic carbocycles. The number of halogens is 1. The lowest BCUT2D eigenvalue weighted by atomic mass is 10.1. The third-order valence-electron chi connectivity index (χ3n) is 1.67. The molecule has 0 atom stereocenters. The molecule has 1 rings (SSSR count). The Kier molecular flexibility index (Phi) is 4.98. The molecule has 0 saturated carbocycles. The largest absolute Gasteiger partial charge is 0.496 e. The molecule has 0 amide bonds. The zero-order valence-corrected chi connectivity index (χ0v) is 8.23. The summed E-state index contributed by atoms with van der Waals surface area (Å²) in [6.45, 7) is 0.466. The minimum absolute atomic E-state index is 0. The number of rotatable bonds is 2. The topological polar surface area (TPSA) is 35.2 Å². The first-order chi connectivity index (χ1) is 5.81. The molecule has 0 aliphatic carbocycles. The summed E-state index contributed by atoms with van der Waals surface area (Å²) in [6, 6.07) is 5.54. The highest BCUT2D eigenvalue weighted by molar-refractivity contribution is 5.85. The van der Waals surface area contributed by atoms with Gasteiger partial charge in [-0.25, -0.2) is 0 Å². The molecule has 2 nitrogen and oxygen atoms in total. The average Bonchev–Trinajstić information content (AvgIpc) is 2.16. The molecule has 0 aliphatic heterocycles. The van der Waals surface area contributed by atoms with Gasteiger partial charge in [-0.15, -0.1) is 18.8 Å². The van der Waals surface area contributed by atoms with E-state index in [1.165, 1.54) is 0 Å². The molecule has 3 heteroatoms. The molecule has 13 heavy (non-hydrogen) atoms. The van der Waals surface area contributed by atoms with Crippen molar-refractivity contribution in [2.24, 2.45) is 5.73 Å². The molecule has 0 aliphatic rings. The molecule has 0 fully saturated rings. The van der Waals surface area contributed by atoms with Crippen molar-refractivity contribution in [2.45, 2.75) is 6.54 Å². The van der Waals surface area contributed by atoms with E-state index in [1.807, 2.05) is 18.2 Å². The SMILES string of the molecule is C#Cc1ccc(CN)c(OC)c1.Cl. The van der Waals surface area contributed by atoms with Crippen LogP contribution in [0.25, 0.3) is 0 Å². The van der Waals surface area contributed by atoms with E-state index in [0.717, 1.165) is 16.9 Å². The van der Waals surface area contributed by atoms with E-state index in [-0.39, 0.29) is 12.4 Å². The highest BCUT2D eigenvalue weighted by Crippen LogP contribution is 2.18. The van der Waals surface area contributed by atoms with Crippen LogP contribution < -0.4 is 10.5 Å². The van der Waals surface area contributed by atoms with Crippen LogP contribution in [0.5, 0.6) is 5.75 Å². The molecule has 0 unspecified atom stereocenters. The zero-order valence-electron chi connectivity index (χ0n) is 7.41. The molecular formula is C10H12ClNO. The first-order valence-corrected chi connectivity index (χ1v) is 3.65. The molecule has 2 N–H and O–H groups in total. The van der Waals surface area contributed by atoms with Crippen molar-refractivity contribution in [2.75, 3.05) is 7.11 Å². The third kappa shape index (κ3) is 2.66. The zero-order chi connectivity index (χ0) is 8.97. The molecular weight excluding hydrogens is 186 g/mol.